The van der Waals surface area contributed by atoms with Gasteiger partial charge in [-0.05, 0) is 12.0 Å². The Kier molecular flexibility index (Phi) is 3.21. The van der Waals surface area contributed by atoms with Crippen LogP contribution in [0.4, 0.5) is 8.78 Å². The number of hydrogen-bond donors (Lipinski definition) is 1. The van der Waals surface area contributed by atoms with E-state index in [1.165, 1.54) is 12.1 Å². The van der Waals surface area contributed by atoms with Crippen LogP contribution in [0.25, 0.3) is 0 Å². The van der Waals surface area contributed by atoms with Crippen molar-refractivity contribution >= 4 is 0 Å². The molecule has 1 rings (SSSR count). The van der Waals surface area contributed by atoms with E-state index in [1.54, 1.807) is 12.1 Å². The van der Waals surface area contributed by atoms with Gasteiger partial charge in [-0.2, -0.15) is 0 Å². The fourth-order valence-corrected chi connectivity index (χ4v) is 1.23. The summed E-state index contributed by atoms with van der Waals surface area (Å²) in [6.07, 6.45) is 0.0246. The summed E-state index contributed by atoms with van der Waals surface area (Å²) in [4.78, 5) is 0. The number of aliphatic hydroxyl groups excluding tert-OH is 1. The lowest BCUT2D eigenvalue weighted by Gasteiger charge is -2.12. The molecular weight excluding hydrogens is 186 g/mol. The smallest absolute Gasteiger partial charge is 0.270 e. The molecule has 0 heterocycles. The van der Waals surface area contributed by atoms with Crippen LogP contribution in [0.15, 0.2) is 24.3 Å². The molecule has 14 heavy (non-hydrogen) atoms. The molecule has 1 nitrogen and oxygen atoms in total. The van der Waals surface area contributed by atoms with Crippen molar-refractivity contribution in [2.75, 3.05) is 0 Å². The fourth-order valence-electron chi connectivity index (χ4n) is 1.23. The summed E-state index contributed by atoms with van der Waals surface area (Å²) in [6.45, 7) is 2.70. The van der Waals surface area contributed by atoms with E-state index < -0.39 is 12.0 Å². The second-order valence-electron chi connectivity index (χ2n) is 3.43. The minimum absolute atomic E-state index is 0.0236. The third kappa shape index (κ3) is 2.51. The number of alkyl halides is 2. The second-order valence-corrected chi connectivity index (χ2v) is 3.43. The Morgan fingerprint density at radius 1 is 1.29 bits per heavy atom. The summed E-state index contributed by atoms with van der Waals surface area (Å²) in [5.41, 5.74) is 0.657. The lowest BCUT2D eigenvalue weighted by atomic mass is 10.0. The van der Waals surface area contributed by atoms with Gasteiger partial charge in [0.15, 0.2) is 0 Å². The number of hydrogen-bond acceptors (Lipinski definition) is 1. The Hall–Kier alpha value is -0.960. The molecule has 0 aliphatic carbocycles. The molecule has 0 aliphatic heterocycles. The van der Waals surface area contributed by atoms with E-state index >= 15 is 0 Å². The Balaban J connectivity index is 2.89. The highest BCUT2D eigenvalue weighted by molar-refractivity contribution is 5.26. The second kappa shape index (κ2) is 4.05. The van der Waals surface area contributed by atoms with Crippen LogP contribution in [0.1, 0.15) is 37.5 Å². The van der Waals surface area contributed by atoms with Crippen LogP contribution in [0.2, 0.25) is 0 Å². The molecule has 78 valence electrons. The largest absolute Gasteiger partial charge is 0.388 e. The molecule has 0 spiro atoms. The van der Waals surface area contributed by atoms with Gasteiger partial charge in [0, 0.05) is 12.5 Å². The molecule has 1 aromatic rings. The predicted octanol–water partition coefficient (Wildman–Crippen LogP) is 3.24. The zero-order valence-electron chi connectivity index (χ0n) is 8.30. The Labute approximate surface area is 82.4 Å². The summed E-state index contributed by atoms with van der Waals surface area (Å²) in [5, 5.41) is 9.44. The van der Waals surface area contributed by atoms with Gasteiger partial charge in [0.05, 0.1) is 6.10 Å². The van der Waals surface area contributed by atoms with Gasteiger partial charge in [-0.25, -0.2) is 8.78 Å². The maximum absolute atomic E-state index is 12.8. The molecule has 1 atom stereocenters. The molecule has 0 fully saturated rings. The van der Waals surface area contributed by atoms with E-state index in [2.05, 4.69) is 0 Å². The molecule has 0 aliphatic rings. The molecule has 1 aromatic carbocycles. The Bertz CT molecular complexity index is 287. The summed E-state index contributed by atoms with van der Waals surface area (Å²) in [7, 11) is 0. The van der Waals surface area contributed by atoms with Gasteiger partial charge in [0.25, 0.3) is 5.92 Å². The molecular formula is C11H14F2O. The first-order valence-electron chi connectivity index (χ1n) is 4.61. The van der Waals surface area contributed by atoms with E-state index in [1.807, 2.05) is 6.92 Å². The van der Waals surface area contributed by atoms with Crippen molar-refractivity contribution in [3.8, 4) is 0 Å². The van der Waals surface area contributed by atoms with Crippen LogP contribution in [0.3, 0.4) is 0 Å². The van der Waals surface area contributed by atoms with E-state index in [-0.39, 0.29) is 5.56 Å². The average Bonchev–Trinajstić information content (AvgIpc) is 2.15. The fraction of sp³-hybridized carbons (Fsp3) is 0.455. The minimum Gasteiger partial charge on any atom is -0.388 e. The van der Waals surface area contributed by atoms with Crippen molar-refractivity contribution in [2.45, 2.75) is 32.3 Å². The third-order valence-electron chi connectivity index (χ3n) is 2.19. The molecule has 1 N–H and O–H groups in total. The van der Waals surface area contributed by atoms with Crippen molar-refractivity contribution < 1.29 is 13.9 Å². The molecule has 0 amide bonds. The topological polar surface area (TPSA) is 20.2 Å². The van der Waals surface area contributed by atoms with Gasteiger partial charge < -0.3 is 5.11 Å². The van der Waals surface area contributed by atoms with Crippen LogP contribution in [0, 0.1) is 0 Å². The first-order chi connectivity index (χ1) is 6.45. The highest BCUT2D eigenvalue weighted by Crippen LogP contribution is 2.28. The third-order valence-corrected chi connectivity index (χ3v) is 2.19. The maximum atomic E-state index is 12.8. The van der Waals surface area contributed by atoms with Crippen LogP contribution < -0.4 is 0 Å². The van der Waals surface area contributed by atoms with E-state index in [4.69, 9.17) is 0 Å². The normalized spacial score (nSPS) is 14.1. The van der Waals surface area contributed by atoms with Crippen LogP contribution in [-0.2, 0) is 5.92 Å². The summed E-state index contributed by atoms with van der Waals surface area (Å²) in [6, 6.07) is 5.80. The summed E-state index contributed by atoms with van der Waals surface area (Å²) in [5.74, 6) is -2.81. The predicted molar refractivity (Wildman–Crippen MR) is 51.3 cm³/mol. The Morgan fingerprint density at radius 3 is 2.14 bits per heavy atom. The van der Waals surface area contributed by atoms with Crippen molar-refractivity contribution in [3.63, 3.8) is 0 Å². The van der Waals surface area contributed by atoms with Crippen LogP contribution in [0.5, 0.6) is 0 Å². The molecule has 0 radical (unpaired) electrons. The molecule has 0 saturated heterocycles. The minimum atomic E-state index is -2.81. The summed E-state index contributed by atoms with van der Waals surface area (Å²) < 4.78 is 25.6. The van der Waals surface area contributed by atoms with E-state index in [0.29, 0.717) is 12.0 Å². The standard InChI is InChI=1S/C11H14F2O/c1-3-10(14)8-4-6-9(7-5-8)11(2,12)13/h4-7,10,14H,3H2,1-2H3. The SMILES string of the molecule is CCC(O)c1ccc(C(C)(F)F)cc1. The van der Waals surface area contributed by atoms with Gasteiger partial charge in [-0.1, -0.05) is 31.2 Å². The van der Waals surface area contributed by atoms with Gasteiger partial charge in [0.1, 0.15) is 0 Å². The quantitative estimate of drug-likeness (QED) is 0.794. The van der Waals surface area contributed by atoms with Gasteiger partial charge in [-0.15, -0.1) is 0 Å². The molecule has 0 bridgehead atoms. The number of benzene rings is 1. The zero-order valence-corrected chi connectivity index (χ0v) is 8.30. The highest BCUT2D eigenvalue weighted by atomic mass is 19.3. The molecule has 3 heteroatoms. The lowest BCUT2D eigenvalue weighted by molar-refractivity contribution is 0.0174. The number of rotatable bonds is 3. The maximum Gasteiger partial charge on any atom is 0.270 e. The zero-order chi connectivity index (χ0) is 10.8. The van der Waals surface area contributed by atoms with Gasteiger partial charge in [0.2, 0.25) is 0 Å². The monoisotopic (exact) mass is 200 g/mol. The van der Waals surface area contributed by atoms with Gasteiger partial charge in [-0.3, -0.25) is 0 Å². The lowest BCUT2D eigenvalue weighted by Crippen LogP contribution is -2.07. The first-order valence-corrected chi connectivity index (χ1v) is 4.61. The Morgan fingerprint density at radius 2 is 1.79 bits per heavy atom. The van der Waals surface area contributed by atoms with Crippen molar-refractivity contribution in [1.82, 2.24) is 0 Å². The molecule has 0 aromatic heterocycles. The summed E-state index contributed by atoms with van der Waals surface area (Å²) >= 11 is 0. The van der Waals surface area contributed by atoms with Crippen molar-refractivity contribution in [3.05, 3.63) is 35.4 Å². The van der Waals surface area contributed by atoms with Crippen LogP contribution >= 0.6 is 0 Å². The van der Waals surface area contributed by atoms with Crippen LogP contribution in [-0.4, -0.2) is 5.11 Å². The number of halogens is 2. The first kappa shape index (κ1) is 11.1. The van der Waals surface area contributed by atoms with Gasteiger partial charge >= 0.3 is 0 Å². The average molecular weight is 200 g/mol. The molecule has 0 saturated carbocycles. The van der Waals surface area contributed by atoms with E-state index in [9.17, 15) is 13.9 Å². The highest BCUT2D eigenvalue weighted by Gasteiger charge is 2.23. The van der Waals surface area contributed by atoms with E-state index in [0.717, 1.165) is 6.92 Å². The van der Waals surface area contributed by atoms with Crippen molar-refractivity contribution in [1.29, 1.82) is 0 Å². The molecule has 1 unspecified atom stereocenters. The number of aliphatic hydroxyl groups is 1. The van der Waals surface area contributed by atoms with Crippen molar-refractivity contribution in [2.24, 2.45) is 0 Å².